The third-order valence-electron chi connectivity index (χ3n) is 3.97. The van der Waals surface area contributed by atoms with Crippen LogP contribution in [-0.4, -0.2) is 32.2 Å². The number of hydrogen-bond acceptors (Lipinski definition) is 5. The Morgan fingerprint density at radius 2 is 2.08 bits per heavy atom. The molecule has 0 aliphatic carbocycles. The number of halogens is 1. The van der Waals surface area contributed by atoms with Crippen molar-refractivity contribution in [3.8, 4) is 6.07 Å². The van der Waals surface area contributed by atoms with E-state index in [1.807, 2.05) is 12.1 Å². The van der Waals surface area contributed by atoms with Gasteiger partial charge >= 0.3 is 0 Å². The molecule has 1 aromatic heterocycles. The second-order valence-electron chi connectivity index (χ2n) is 5.83. The van der Waals surface area contributed by atoms with Crippen LogP contribution < -0.4 is 10.2 Å². The van der Waals surface area contributed by atoms with Crippen LogP contribution in [0, 0.1) is 18.3 Å². The Balaban J connectivity index is 1.85. The highest BCUT2D eigenvalue weighted by Crippen LogP contribution is 2.30. The molecule has 1 amide bonds. The summed E-state index contributed by atoms with van der Waals surface area (Å²) in [5.41, 5.74) is 1.35. The second-order valence-corrected chi connectivity index (χ2v) is 6.27. The highest BCUT2D eigenvalue weighted by atomic mass is 35.5. The number of hydrogen-bond donors (Lipinski definition) is 1. The standard InChI is InChI=1S/C19H18ClN3O3/c1-13-2-4-16(26-13)10-14(12-21)19(24)22-17-11-15(20)3-5-18(17)23-6-8-25-9-7-23/h2-5,10-11H,6-9H2,1H3,(H,22,24)/b14-10+. The molecule has 2 heterocycles. The van der Waals surface area contributed by atoms with Crippen molar-refractivity contribution in [2.75, 3.05) is 36.5 Å². The number of anilines is 2. The maximum atomic E-state index is 12.6. The Labute approximate surface area is 156 Å². The van der Waals surface area contributed by atoms with Gasteiger partial charge in [0.25, 0.3) is 5.91 Å². The second kappa shape index (κ2) is 8.09. The van der Waals surface area contributed by atoms with Gasteiger partial charge in [0.05, 0.1) is 24.6 Å². The summed E-state index contributed by atoms with van der Waals surface area (Å²) in [6.45, 7) is 4.48. The topological polar surface area (TPSA) is 78.5 Å². The van der Waals surface area contributed by atoms with E-state index in [0.717, 1.165) is 18.8 Å². The molecule has 0 saturated carbocycles. The predicted octanol–water partition coefficient (Wildman–Crippen LogP) is 3.62. The summed E-state index contributed by atoms with van der Waals surface area (Å²) < 4.78 is 10.8. The Hall–Kier alpha value is -2.75. The molecular weight excluding hydrogens is 354 g/mol. The monoisotopic (exact) mass is 371 g/mol. The van der Waals surface area contributed by atoms with Crippen molar-refractivity contribution in [3.63, 3.8) is 0 Å². The highest BCUT2D eigenvalue weighted by molar-refractivity contribution is 6.31. The Morgan fingerprint density at radius 1 is 1.31 bits per heavy atom. The molecule has 1 fully saturated rings. The number of amides is 1. The lowest BCUT2D eigenvalue weighted by atomic mass is 10.2. The van der Waals surface area contributed by atoms with Gasteiger partial charge in [-0.15, -0.1) is 0 Å². The van der Waals surface area contributed by atoms with Crippen molar-refractivity contribution in [1.82, 2.24) is 0 Å². The average molecular weight is 372 g/mol. The largest absolute Gasteiger partial charge is 0.462 e. The fraction of sp³-hybridized carbons (Fsp3) is 0.263. The van der Waals surface area contributed by atoms with E-state index >= 15 is 0 Å². The van der Waals surface area contributed by atoms with E-state index in [0.29, 0.717) is 35.4 Å². The normalized spacial score (nSPS) is 14.8. The lowest BCUT2D eigenvalue weighted by molar-refractivity contribution is -0.112. The Kier molecular flexibility index (Phi) is 5.61. The number of carbonyl (C=O) groups is 1. The van der Waals surface area contributed by atoms with E-state index in [9.17, 15) is 10.1 Å². The fourth-order valence-corrected chi connectivity index (χ4v) is 2.87. The summed E-state index contributed by atoms with van der Waals surface area (Å²) in [5.74, 6) is 0.644. The zero-order chi connectivity index (χ0) is 18.5. The molecule has 1 aromatic carbocycles. The van der Waals surface area contributed by atoms with Crippen molar-refractivity contribution in [1.29, 1.82) is 5.26 Å². The number of nitrogens with one attached hydrogen (secondary N) is 1. The molecule has 1 aliphatic rings. The van der Waals surface area contributed by atoms with Crippen LogP contribution in [0.1, 0.15) is 11.5 Å². The van der Waals surface area contributed by atoms with Crippen LogP contribution in [0.15, 0.2) is 40.3 Å². The molecule has 6 nitrogen and oxygen atoms in total. The van der Waals surface area contributed by atoms with E-state index in [4.69, 9.17) is 20.8 Å². The van der Waals surface area contributed by atoms with Crippen LogP contribution in [0.3, 0.4) is 0 Å². The molecule has 1 aliphatic heterocycles. The van der Waals surface area contributed by atoms with Gasteiger partial charge in [-0.05, 0) is 37.3 Å². The smallest absolute Gasteiger partial charge is 0.266 e. The van der Waals surface area contributed by atoms with Crippen molar-refractivity contribution in [3.05, 3.63) is 52.4 Å². The van der Waals surface area contributed by atoms with Crippen LogP contribution in [0.4, 0.5) is 11.4 Å². The molecule has 0 radical (unpaired) electrons. The molecule has 7 heteroatoms. The fourth-order valence-electron chi connectivity index (χ4n) is 2.70. The Bertz CT molecular complexity index is 876. The SMILES string of the molecule is Cc1ccc(/C=C(\C#N)C(=O)Nc2cc(Cl)ccc2N2CCOCC2)o1. The number of nitriles is 1. The maximum absolute atomic E-state index is 12.6. The molecule has 134 valence electrons. The van der Waals surface area contributed by atoms with Crippen LogP contribution >= 0.6 is 11.6 Å². The lowest BCUT2D eigenvalue weighted by Gasteiger charge is -2.30. The highest BCUT2D eigenvalue weighted by Gasteiger charge is 2.18. The van der Waals surface area contributed by atoms with E-state index in [1.165, 1.54) is 6.08 Å². The first-order valence-electron chi connectivity index (χ1n) is 8.18. The van der Waals surface area contributed by atoms with Crippen molar-refractivity contribution >= 4 is 35.0 Å². The molecule has 3 rings (SSSR count). The van der Waals surface area contributed by atoms with Crippen LogP contribution in [0.25, 0.3) is 6.08 Å². The number of nitrogens with zero attached hydrogens (tertiary/aromatic N) is 2. The quantitative estimate of drug-likeness (QED) is 0.656. The first-order valence-corrected chi connectivity index (χ1v) is 8.56. The first kappa shape index (κ1) is 18.1. The van der Waals surface area contributed by atoms with Gasteiger partial charge in [0.2, 0.25) is 0 Å². The third kappa shape index (κ3) is 4.26. The minimum Gasteiger partial charge on any atom is -0.462 e. The first-order chi connectivity index (χ1) is 12.6. The number of aryl methyl sites for hydroxylation is 1. The van der Waals surface area contributed by atoms with Crippen molar-refractivity contribution < 1.29 is 13.9 Å². The number of morpholine rings is 1. The van der Waals surface area contributed by atoms with Crippen LogP contribution in [-0.2, 0) is 9.53 Å². The number of carbonyl (C=O) groups excluding carboxylic acids is 1. The molecule has 0 spiro atoms. The van der Waals surface area contributed by atoms with Gasteiger partial charge in [-0.3, -0.25) is 4.79 Å². The van der Waals surface area contributed by atoms with Gasteiger partial charge in [-0.25, -0.2) is 0 Å². The van der Waals surface area contributed by atoms with Crippen LogP contribution in [0.2, 0.25) is 5.02 Å². The average Bonchev–Trinajstić information content (AvgIpc) is 3.05. The summed E-state index contributed by atoms with van der Waals surface area (Å²) in [4.78, 5) is 14.7. The molecule has 1 N–H and O–H groups in total. The van der Waals surface area contributed by atoms with Gasteiger partial charge in [0.15, 0.2) is 0 Å². The number of benzene rings is 1. The molecule has 26 heavy (non-hydrogen) atoms. The zero-order valence-electron chi connectivity index (χ0n) is 14.3. The summed E-state index contributed by atoms with van der Waals surface area (Å²) in [6.07, 6.45) is 1.42. The molecule has 0 unspecified atom stereocenters. The minimum absolute atomic E-state index is 0.0488. The van der Waals surface area contributed by atoms with E-state index in [1.54, 1.807) is 31.2 Å². The summed E-state index contributed by atoms with van der Waals surface area (Å²) in [7, 11) is 0. The van der Waals surface area contributed by atoms with Gasteiger partial charge in [-0.2, -0.15) is 5.26 Å². The lowest BCUT2D eigenvalue weighted by Crippen LogP contribution is -2.36. The maximum Gasteiger partial charge on any atom is 0.266 e. The van der Waals surface area contributed by atoms with E-state index in [2.05, 4.69) is 10.2 Å². The molecular formula is C19H18ClN3O3. The van der Waals surface area contributed by atoms with Gasteiger partial charge in [-0.1, -0.05) is 11.6 Å². The number of furan rings is 1. The van der Waals surface area contributed by atoms with Crippen LogP contribution in [0.5, 0.6) is 0 Å². The predicted molar refractivity (Wildman–Crippen MR) is 100 cm³/mol. The molecule has 2 aromatic rings. The summed E-state index contributed by atoms with van der Waals surface area (Å²) in [6, 6.07) is 10.7. The number of rotatable bonds is 4. The van der Waals surface area contributed by atoms with Gasteiger partial charge in [0, 0.05) is 24.2 Å². The molecule has 0 bridgehead atoms. The van der Waals surface area contributed by atoms with Gasteiger partial charge in [0.1, 0.15) is 23.2 Å². The summed E-state index contributed by atoms with van der Waals surface area (Å²) in [5, 5.41) is 12.6. The Morgan fingerprint density at radius 3 is 2.73 bits per heavy atom. The molecule has 0 atom stereocenters. The van der Waals surface area contributed by atoms with Crippen molar-refractivity contribution in [2.45, 2.75) is 6.92 Å². The minimum atomic E-state index is -0.515. The third-order valence-corrected chi connectivity index (χ3v) is 4.21. The molecule has 1 saturated heterocycles. The van der Waals surface area contributed by atoms with E-state index < -0.39 is 5.91 Å². The van der Waals surface area contributed by atoms with Gasteiger partial charge < -0.3 is 19.4 Å². The number of ether oxygens (including phenoxy) is 1. The van der Waals surface area contributed by atoms with Crippen molar-refractivity contribution in [2.24, 2.45) is 0 Å². The summed E-state index contributed by atoms with van der Waals surface area (Å²) >= 11 is 6.10. The zero-order valence-corrected chi connectivity index (χ0v) is 15.0. The van der Waals surface area contributed by atoms with E-state index in [-0.39, 0.29) is 5.57 Å².